The van der Waals surface area contributed by atoms with Crippen LogP contribution in [0.4, 0.5) is 0 Å². The number of methoxy groups -OCH3 is 1. The topological polar surface area (TPSA) is 128 Å². The standard InChI is InChI=1S/C29H36O6.H3N/c1-6-24-21(13-17-26(33)28(24)35-29(7-2,8-3)9-4)12-15-23(31)19-22(30)14-10-20-11-16-25(32)27(18-20)34-5;/h10-18,32-33H,6-9,19H2,1-5H3;1H3/b14-10+,15-12+;. The number of aromatic hydroxyl groups is 2. The molecule has 7 nitrogen and oxygen atoms in total. The summed E-state index contributed by atoms with van der Waals surface area (Å²) in [4.78, 5) is 24.7. The first-order valence-corrected chi connectivity index (χ1v) is 12.0. The van der Waals surface area contributed by atoms with Crippen LogP contribution in [-0.4, -0.2) is 34.5 Å². The number of ether oxygens (including phenoxy) is 2. The van der Waals surface area contributed by atoms with Gasteiger partial charge in [0, 0.05) is 5.56 Å². The van der Waals surface area contributed by atoms with Crippen LogP contribution in [0, 0.1) is 0 Å². The maximum absolute atomic E-state index is 12.4. The molecule has 0 saturated carbocycles. The van der Waals surface area contributed by atoms with Gasteiger partial charge >= 0.3 is 0 Å². The Hall–Kier alpha value is -3.58. The van der Waals surface area contributed by atoms with E-state index in [2.05, 4.69) is 20.8 Å². The molecule has 36 heavy (non-hydrogen) atoms. The highest BCUT2D eigenvalue weighted by Crippen LogP contribution is 2.39. The van der Waals surface area contributed by atoms with E-state index in [4.69, 9.17) is 9.47 Å². The summed E-state index contributed by atoms with van der Waals surface area (Å²) in [6.07, 6.45) is 8.74. The third kappa shape index (κ3) is 7.71. The van der Waals surface area contributed by atoms with Crippen molar-refractivity contribution in [1.82, 2.24) is 6.15 Å². The molecule has 2 aromatic rings. The minimum absolute atomic E-state index is 0. The fraction of sp³-hybridized carbons (Fsp3) is 0.379. The van der Waals surface area contributed by atoms with E-state index in [-0.39, 0.29) is 41.2 Å². The fourth-order valence-electron chi connectivity index (χ4n) is 3.91. The van der Waals surface area contributed by atoms with Crippen molar-refractivity contribution in [1.29, 1.82) is 0 Å². The maximum atomic E-state index is 12.4. The molecule has 0 unspecified atom stereocenters. The van der Waals surface area contributed by atoms with Crippen molar-refractivity contribution >= 4 is 23.7 Å². The van der Waals surface area contributed by atoms with Crippen molar-refractivity contribution in [3.63, 3.8) is 0 Å². The Morgan fingerprint density at radius 2 is 1.47 bits per heavy atom. The molecule has 0 radical (unpaired) electrons. The summed E-state index contributed by atoms with van der Waals surface area (Å²) in [5.74, 6) is 0.181. The van der Waals surface area contributed by atoms with Crippen LogP contribution in [0.1, 0.15) is 70.1 Å². The number of benzene rings is 2. The van der Waals surface area contributed by atoms with Gasteiger partial charge in [-0.05, 0) is 67.2 Å². The molecule has 0 aliphatic rings. The normalized spacial score (nSPS) is 11.5. The molecule has 0 fully saturated rings. The van der Waals surface area contributed by atoms with Crippen LogP contribution in [-0.2, 0) is 16.0 Å². The lowest BCUT2D eigenvalue weighted by Gasteiger charge is -2.33. The second kappa shape index (κ2) is 14.1. The Labute approximate surface area is 214 Å². The SMILES string of the molecule is CCc1c(/C=C/C(=O)CC(=O)/C=C/c2ccc(O)c(OC)c2)ccc(O)c1OC(CC)(CC)CC.N. The minimum atomic E-state index is -0.361. The van der Waals surface area contributed by atoms with Crippen molar-refractivity contribution in [3.8, 4) is 23.0 Å². The van der Waals surface area contributed by atoms with Crippen LogP contribution >= 0.6 is 0 Å². The summed E-state index contributed by atoms with van der Waals surface area (Å²) in [5.41, 5.74) is 1.90. The molecule has 0 aromatic heterocycles. The summed E-state index contributed by atoms with van der Waals surface area (Å²) in [7, 11) is 1.44. The number of phenolic OH excluding ortho intramolecular Hbond substituents is 2. The molecule has 0 saturated heterocycles. The van der Waals surface area contributed by atoms with Crippen molar-refractivity contribution < 1.29 is 29.3 Å². The number of ketones is 2. The van der Waals surface area contributed by atoms with Crippen LogP contribution in [0.2, 0.25) is 0 Å². The van der Waals surface area contributed by atoms with E-state index in [1.165, 1.54) is 25.3 Å². The molecule has 0 amide bonds. The lowest BCUT2D eigenvalue weighted by molar-refractivity contribution is -0.121. The van der Waals surface area contributed by atoms with Crippen LogP contribution in [0.3, 0.4) is 0 Å². The Morgan fingerprint density at radius 3 is 2.03 bits per heavy atom. The van der Waals surface area contributed by atoms with E-state index in [0.717, 1.165) is 30.4 Å². The van der Waals surface area contributed by atoms with Crippen molar-refractivity contribution in [2.75, 3.05) is 7.11 Å². The highest BCUT2D eigenvalue weighted by atomic mass is 16.5. The van der Waals surface area contributed by atoms with Gasteiger partial charge in [0.25, 0.3) is 0 Å². The lowest BCUT2D eigenvalue weighted by Crippen LogP contribution is -2.34. The van der Waals surface area contributed by atoms with Crippen molar-refractivity contribution in [2.24, 2.45) is 0 Å². The van der Waals surface area contributed by atoms with Gasteiger partial charge in [0.1, 0.15) is 5.60 Å². The zero-order valence-electron chi connectivity index (χ0n) is 22.0. The zero-order valence-corrected chi connectivity index (χ0v) is 22.0. The minimum Gasteiger partial charge on any atom is -0.504 e. The van der Waals surface area contributed by atoms with Crippen molar-refractivity contribution in [3.05, 3.63) is 59.2 Å². The molecule has 0 bridgehead atoms. The Balaban J connectivity index is 0.00000648. The summed E-state index contributed by atoms with van der Waals surface area (Å²) in [6.45, 7) is 8.18. The first kappa shape index (κ1) is 30.5. The number of carbonyl (C=O) groups excluding carboxylic acids is 2. The molecule has 7 heteroatoms. The van der Waals surface area contributed by atoms with Gasteiger partial charge < -0.3 is 25.8 Å². The van der Waals surface area contributed by atoms with E-state index < -0.39 is 0 Å². The fourth-order valence-corrected chi connectivity index (χ4v) is 3.91. The quantitative estimate of drug-likeness (QED) is 0.215. The van der Waals surface area contributed by atoms with Crippen LogP contribution in [0.5, 0.6) is 23.0 Å². The van der Waals surface area contributed by atoms with Gasteiger partial charge in [0.2, 0.25) is 0 Å². The highest BCUT2D eigenvalue weighted by Gasteiger charge is 2.28. The Bertz CT molecular complexity index is 1090. The van der Waals surface area contributed by atoms with Gasteiger partial charge in [-0.1, -0.05) is 52.0 Å². The lowest BCUT2D eigenvalue weighted by atomic mass is 9.93. The Morgan fingerprint density at radius 1 is 0.889 bits per heavy atom. The number of carbonyl (C=O) groups is 2. The average Bonchev–Trinajstić information content (AvgIpc) is 2.86. The molecule has 0 aliphatic heterocycles. The molecular formula is C29H39NO6. The maximum Gasteiger partial charge on any atom is 0.165 e. The van der Waals surface area contributed by atoms with E-state index in [1.54, 1.807) is 36.4 Å². The third-order valence-electron chi connectivity index (χ3n) is 6.34. The second-order valence-corrected chi connectivity index (χ2v) is 8.39. The Kier molecular flexibility index (Phi) is 11.9. The summed E-state index contributed by atoms with van der Waals surface area (Å²) < 4.78 is 11.4. The molecule has 0 atom stereocenters. The van der Waals surface area contributed by atoms with E-state index in [9.17, 15) is 19.8 Å². The number of hydrogen-bond donors (Lipinski definition) is 3. The van der Waals surface area contributed by atoms with Gasteiger partial charge in [0.15, 0.2) is 34.6 Å². The highest BCUT2D eigenvalue weighted by molar-refractivity contribution is 6.11. The van der Waals surface area contributed by atoms with Crippen LogP contribution < -0.4 is 15.6 Å². The molecule has 0 aliphatic carbocycles. The van der Waals surface area contributed by atoms with Crippen LogP contribution in [0.15, 0.2) is 42.5 Å². The average molecular weight is 498 g/mol. The monoisotopic (exact) mass is 497 g/mol. The number of hydrogen-bond acceptors (Lipinski definition) is 7. The number of allylic oxidation sites excluding steroid dienone is 2. The molecule has 196 valence electrons. The molecule has 0 heterocycles. The van der Waals surface area contributed by atoms with Gasteiger partial charge in [0.05, 0.1) is 13.5 Å². The summed E-state index contributed by atoms with van der Waals surface area (Å²) >= 11 is 0. The van der Waals surface area contributed by atoms with E-state index >= 15 is 0 Å². The van der Waals surface area contributed by atoms with Crippen LogP contribution in [0.25, 0.3) is 12.2 Å². The van der Waals surface area contributed by atoms with E-state index in [0.29, 0.717) is 23.5 Å². The molecule has 5 N–H and O–H groups in total. The van der Waals surface area contributed by atoms with Gasteiger partial charge in [-0.15, -0.1) is 0 Å². The van der Waals surface area contributed by atoms with Crippen molar-refractivity contribution in [2.45, 2.75) is 65.4 Å². The second-order valence-electron chi connectivity index (χ2n) is 8.39. The molecule has 0 spiro atoms. The number of phenols is 2. The third-order valence-corrected chi connectivity index (χ3v) is 6.34. The first-order valence-electron chi connectivity index (χ1n) is 12.0. The number of rotatable bonds is 13. The largest absolute Gasteiger partial charge is 0.504 e. The predicted molar refractivity (Wildman–Crippen MR) is 144 cm³/mol. The van der Waals surface area contributed by atoms with Gasteiger partial charge in [-0.2, -0.15) is 0 Å². The van der Waals surface area contributed by atoms with E-state index in [1.807, 2.05) is 6.92 Å². The molecule has 2 rings (SSSR count). The smallest absolute Gasteiger partial charge is 0.165 e. The summed E-state index contributed by atoms with van der Waals surface area (Å²) in [6, 6.07) is 8.04. The predicted octanol–water partition coefficient (Wildman–Crippen LogP) is 6.43. The molecular weight excluding hydrogens is 458 g/mol. The van der Waals surface area contributed by atoms with Gasteiger partial charge in [-0.25, -0.2) is 0 Å². The summed E-state index contributed by atoms with van der Waals surface area (Å²) in [5, 5.41) is 20.2. The first-order chi connectivity index (χ1) is 16.7. The van der Waals surface area contributed by atoms with Gasteiger partial charge in [-0.3, -0.25) is 9.59 Å². The zero-order chi connectivity index (χ0) is 26.0. The molecule has 2 aromatic carbocycles.